The van der Waals surface area contributed by atoms with Crippen LogP contribution >= 0.6 is 34.7 Å². The number of halogens is 1. The minimum absolute atomic E-state index is 0.0243. The Bertz CT molecular complexity index is 1090. The van der Waals surface area contributed by atoms with Crippen LogP contribution in [-0.2, 0) is 29.9 Å². The van der Waals surface area contributed by atoms with Crippen LogP contribution in [0.2, 0.25) is 5.02 Å². The van der Waals surface area contributed by atoms with Crippen molar-refractivity contribution in [1.29, 1.82) is 0 Å². The Kier molecular flexibility index (Phi) is 6.27. The minimum atomic E-state index is -0.0243. The Morgan fingerprint density at radius 3 is 2.90 bits per heavy atom. The summed E-state index contributed by atoms with van der Waals surface area (Å²) >= 11 is 9.17. The normalized spacial score (nSPS) is 13.0. The van der Waals surface area contributed by atoms with Crippen molar-refractivity contribution >= 4 is 50.8 Å². The van der Waals surface area contributed by atoms with Gasteiger partial charge in [0.2, 0.25) is 5.91 Å². The number of hydrogen-bond acceptors (Lipinski definition) is 5. The molecule has 0 unspecified atom stereocenters. The lowest BCUT2D eigenvalue weighted by atomic mass is 10.2. The van der Waals surface area contributed by atoms with Crippen molar-refractivity contribution in [3.63, 3.8) is 0 Å². The first kappa shape index (κ1) is 20.4. The number of hydrogen-bond donors (Lipinski definition) is 1. The number of aryl methyl sites for hydroxylation is 2. The fraction of sp³-hybridized carbons (Fsp3) is 0.381. The molecule has 0 spiro atoms. The highest BCUT2D eigenvalue weighted by molar-refractivity contribution is 7.98. The summed E-state index contributed by atoms with van der Waals surface area (Å²) in [6.45, 7) is 0.565. The van der Waals surface area contributed by atoms with E-state index in [2.05, 4.69) is 9.97 Å². The van der Waals surface area contributed by atoms with Gasteiger partial charge in [-0.25, -0.2) is 4.98 Å². The number of carbonyl (C=O) groups excluding carboxylic acids is 1. The molecule has 0 saturated carbocycles. The number of nitrogens with one attached hydrogen (secondary N) is 1. The van der Waals surface area contributed by atoms with Crippen molar-refractivity contribution in [2.45, 2.75) is 38.0 Å². The van der Waals surface area contributed by atoms with Gasteiger partial charge in [-0.05, 0) is 42.5 Å². The monoisotopic (exact) mass is 447 g/mol. The van der Waals surface area contributed by atoms with E-state index in [1.54, 1.807) is 28.0 Å². The Morgan fingerprint density at radius 2 is 2.10 bits per heavy atom. The highest BCUT2D eigenvalue weighted by Gasteiger charge is 2.21. The van der Waals surface area contributed by atoms with E-state index in [0.717, 1.165) is 35.0 Å². The molecule has 3 aromatic rings. The summed E-state index contributed by atoms with van der Waals surface area (Å²) in [6.07, 6.45) is 3.63. The largest absolute Gasteiger partial charge is 0.341 e. The smallest absolute Gasteiger partial charge is 0.259 e. The molecule has 1 N–H and O–H groups in total. The average molecular weight is 448 g/mol. The second-order valence-electron chi connectivity index (χ2n) is 7.23. The van der Waals surface area contributed by atoms with E-state index < -0.39 is 0 Å². The van der Waals surface area contributed by atoms with Crippen LogP contribution in [-0.4, -0.2) is 33.6 Å². The lowest BCUT2D eigenvalue weighted by Gasteiger charge is -2.17. The highest BCUT2D eigenvalue weighted by atomic mass is 35.5. The van der Waals surface area contributed by atoms with Crippen LogP contribution in [0, 0.1) is 0 Å². The zero-order valence-electron chi connectivity index (χ0n) is 16.2. The molecular weight excluding hydrogens is 426 g/mol. The van der Waals surface area contributed by atoms with Crippen LogP contribution < -0.4 is 5.56 Å². The van der Waals surface area contributed by atoms with Gasteiger partial charge in [0.15, 0.2) is 0 Å². The molecule has 1 aromatic carbocycles. The fourth-order valence-electron chi connectivity index (χ4n) is 3.59. The predicted molar refractivity (Wildman–Crippen MR) is 121 cm³/mol. The van der Waals surface area contributed by atoms with E-state index in [0.29, 0.717) is 35.3 Å². The molecule has 0 bridgehead atoms. The first-order valence-corrected chi connectivity index (χ1v) is 12.0. The number of aromatic amines is 1. The molecule has 0 saturated heterocycles. The molecule has 1 amide bonds. The zero-order chi connectivity index (χ0) is 20.4. The van der Waals surface area contributed by atoms with Gasteiger partial charge >= 0.3 is 0 Å². The second kappa shape index (κ2) is 8.90. The summed E-state index contributed by atoms with van der Waals surface area (Å²) in [5.41, 5.74) is 2.23. The first-order valence-electron chi connectivity index (χ1n) is 9.61. The molecule has 2 heterocycles. The number of fused-ring (bicyclic) bond motifs is 3. The number of aromatic nitrogens is 2. The summed E-state index contributed by atoms with van der Waals surface area (Å²) in [7, 11) is 1.81. The number of nitrogens with zero attached hydrogens (tertiary/aromatic N) is 2. The van der Waals surface area contributed by atoms with Gasteiger partial charge in [-0.15, -0.1) is 11.3 Å². The first-order chi connectivity index (χ1) is 14.0. The standard InChI is InChI=1S/C21H22ClN3O2S2/c1-25(11-13-5-7-14(22)8-6-13)18(26)9-10-28-12-17-23-20(27)19-15-3-2-4-16(15)29-21(19)24-17/h5-8H,2-4,9-12H2,1H3,(H,23,24,27). The molecular formula is C21H22ClN3O2S2. The Morgan fingerprint density at radius 1 is 1.31 bits per heavy atom. The lowest BCUT2D eigenvalue weighted by molar-refractivity contribution is -0.129. The van der Waals surface area contributed by atoms with Crippen LogP contribution in [0.15, 0.2) is 29.1 Å². The van der Waals surface area contributed by atoms with Crippen molar-refractivity contribution in [1.82, 2.24) is 14.9 Å². The summed E-state index contributed by atoms with van der Waals surface area (Å²) in [5, 5.41) is 1.48. The van der Waals surface area contributed by atoms with Crippen molar-refractivity contribution in [3.05, 3.63) is 61.5 Å². The van der Waals surface area contributed by atoms with Gasteiger partial charge in [-0.2, -0.15) is 11.8 Å². The van der Waals surface area contributed by atoms with Crippen LogP contribution in [0.4, 0.5) is 0 Å². The minimum Gasteiger partial charge on any atom is -0.341 e. The number of benzene rings is 1. The average Bonchev–Trinajstić information content (AvgIpc) is 3.27. The van der Waals surface area contributed by atoms with E-state index >= 15 is 0 Å². The second-order valence-corrected chi connectivity index (χ2v) is 9.85. The molecule has 5 nitrogen and oxygen atoms in total. The van der Waals surface area contributed by atoms with Gasteiger partial charge in [0.05, 0.1) is 11.1 Å². The summed E-state index contributed by atoms with van der Waals surface area (Å²) < 4.78 is 0. The molecule has 2 aromatic heterocycles. The molecule has 152 valence electrons. The van der Waals surface area contributed by atoms with Crippen molar-refractivity contribution in [2.24, 2.45) is 0 Å². The van der Waals surface area contributed by atoms with Gasteiger partial charge in [0.1, 0.15) is 10.7 Å². The van der Waals surface area contributed by atoms with E-state index in [9.17, 15) is 9.59 Å². The van der Waals surface area contributed by atoms with Gasteiger partial charge in [0.25, 0.3) is 5.56 Å². The maximum atomic E-state index is 12.5. The maximum absolute atomic E-state index is 12.5. The Hall–Kier alpha value is -1.83. The Balaban J connectivity index is 1.28. The third-order valence-corrected chi connectivity index (χ3v) is 7.49. The third-order valence-electron chi connectivity index (χ3n) is 5.08. The molecule has 1 aliphatic rings. The highest BCUT2D eigenvalue weighted by Crippen LogP contribution is 2.34. The van der Waals surface area contributed by atoms with Crippen LogP contribution in [0.25, 0.3) is 10.2 Å². The van der Waals surface area contributed by atoms with E-state index in [1.807, 2.05) is 31.3 Å². The number of thiophene rings is 1. The molecule has 0 atom stereocenters. The van der Waals surface area contributed by atoms with Gasteiger partial charge in [-0.3, -0.25) is 9.59 Å². The molecule has 0 radical (unpaired) electrons. The Labute approximate surface area is 182 Å². The van der Waals surface area contributed by atoms with E-state index in [-0.39, 0.29) is 11.5 Å². The molecule has 29 heavy (non-hydrogen) atoms. The van der Waals surface area contributed by atoms with Crippen LogP contribution in [0.3, 0.4) is 0 Å². The number of carbonyl (C=O) groups is 1. The lowest BCUT2D eigenvalue weighted by Crippen LogP contribution is -2.26. The maximum Gasteiger partial charge on any atom is 0.259 e. The van der Waals surface area contributed by atoms with E-state index in [1.165, 1.54) is 10.4 Å². The number of rotatable bonds is 7. The molecule has 8 heteroatoms. The van der Waals surface area contributed by atoms with E-state index in [4.69, 9.17) is 11.6 Å². The fourth-order valence-corrected chi connectivity index (χ4v) is 5.79. The third kappa shape index (κ3) is 4.68. The van der Waals surface area contributed by atoms with Crippen molar-refractivity contribution < 1.29 is 4.79 Å². The van der Waals surface area contributed by atoms with Gasteiger partial charge < -0.3 is 9.88 Å². The van der Waals surface area contributed by atoms with Crippen molar-refractivity contribution in [3.8, 4) is 0 Å². The van der Waals surface area contributed by atoms with Crippen molar-refractivity contribution in [2.75, 3.05) is 12.8 Å². The predicted octanol–water partition coefficient (Wildman–Crippen LogP) is 4.41. The topological polar surface area (TPSA) is 66.1 Å². The summed E-state index contributed by atoms with van der Waals surface area (Å²) in [5.74, 6) is 2.07. The zero-order valence-corrected chi connectivity index (χ0v) is 18.6. The molecule has 0 fully saturated rings. The SMILES string of the molecule is CN(Cc1ccc(Cl)cc1)C(=O)CCSCc1nc2sc3c(c2c(=O)[nH]1)CCC3. The van der Waals surface area contributed by atoms with Crippen LogP contribution in [0.5, 0.6) is 0 Å². The number of thioether (sulfide) groups is 1. The van der Waals surface area contributed by atoms with Gasteiger partial charge in [0, 0.05) is 35.7 Å². The van der Waals surface area contributed by atoms with Crippen LogP contribution in [0.1, 0.15) is 34.7 Å². The number of H-pyrrole nitrogens is 1. The quantitative estimate of drug-likeness (QED) is 0.545. The number of amides is 1. The summed E-state index contributed by atoms with van der Waals surface area (Å²) in [4.78, 5) is 36.3. The molecule has 0 aliphatic heterocycles. The van der Waals surface area contributed by atoms with Gasteiger partial charge in [-0.1, -0.05) is 23.7 Å². The molecule has 1 aliphatic carbocycles. The molecule has 4 rings (SSSR count). The summed E-state index contributed by atoms with van der Waals surface area (Å²) in [6, 6.07) is 7.52.